The lowest BCUT2D eigenvalue weighted by Crippen LogP contribution is -2.16. The van der Waals surface area contributed by atoms with Crippen LogP contribution in [0.15, 0.2) is 47.6 Å². The molecule has 0 aliphatic heterocycles. The van der Waals surface area contributed by atoms with Gasteiger partial charge >= 0.3 is 0 Å². The second-order valence-electron chi connectivity index (χ2n) is 4.09. The fraction of sp³-hybridized carbons (Fsp3) is 0.286. The van der Waals surface area contributed by atoms with Gasteiger partial charge in [-0.3, -0.25) is 9.48 Å². The Balaban J connectivity index is 2.12. The Morgan fingerprint density at radius 2 is 2.11 bits per heavy atom. The van der Waals surface area contributed by atoms with Crippen LogP contribution >= 0.6 is 11.8 Å². The number of carbonyl (C=O) groups is 1. The number of carbonyl (C=O) groups excluding carboxylic acids is 1. The molecule has 18 heavy (non-hydrogen) atoms. The van der Waals surface area contributed by atoms with Crippen molar-refractivity contribution in [1.82, 2.24) is 9.78 Å². The molecule has 0 saturated carbocycles. The molecule has 94 valence electrons. The molecule has 0 aliphatic rings. The molecule has 0 saturated heterocycles. The summed E-state index contributed by atoms with van der Waals surface area (Å²) >= 11 is 1.58. The van der Waals surface area contributed by atoms with Gasteiger partial charge in [-0.15, -0.1) is 11.8 Å². The number of thioether (sulfide) groups is 1. The Labute approximate surface area is 111 Å². The maximum Gasteiger partial charge on any atom is 0.176 e. The molecule has 0 bridgehead atoms. The molecule has 1 aromatic carbocycles. The predicted octanol–water partition coefficient (Wildman–Crippen LogP) is 3.17. The summed E-state index contributed by atoms with van der Waals surface area (Å²) in [7, 11) is 1.88. The van der Waals surface area contributed by atoms with Gasteiger partial charge in [0.1, 0.15) is 0 Å². The van der Waals surface area contributed by atoms with Crippen LogP contribution in [0, 0.1) is 0 Å². The van der Waals surface area contributed by atoms with Crippen LogP contribution in [0.1, 0.15) is 23.7 Å². The molecule has 0 aliphatic carbocycles. The zero-order valence-corrected chi connectivity index (χ0v) is 11.4. The lowest BCUT2D eigenvalue weighted by Gasteiger charge is -2.12. The zero-order chi connectivity index (χ0) is 13.0. The number of aryl methyl sites for hydroxylation is 1. The minimum absolute atomic E-state index is 0.0448. The van der Waals surface area contributed by atoms with Crippen LogP contribution in [0.25, 0.3) is 0 Å². The Bertz CT molecular complexity index is 522. The van der Waals surface area contributed by atoms with Crippen LogP contribution in [0.5, 0.6) is 0 Å². The number of aromatic nitrogens is 2. The van der Waals surface area contributed by atoms with E-state index in [1.165, 1.54) is 0 Å². The average molecular weight is 260 g/mol. The third-order valence-electron chi connectivity index (χ3n) is 2.68. The minimum Gasteiger partial charge on any atom is -0.293 e. The summed E-state index contributed by atoms with van der Waals surface area (Å²) in [6.45, 7) is 2.04. The van der Waals surface area contributed by atoms with E-state index in [0.29, 0.717) is 0 Å². The molecule has 1 heterocycles. The van der Waals surface area contributed by atoms with Crippen LogP contribution in [0.4, 0.5) is 0 Å². The summed E-state index contributed by atoms with van der Waals surface area (Å²) < 4.78 is 1.75. The molecule has 2 aromatic rings. The van der Waals surface area contributed by atoms with E-state index in [1.807, 2.05) is 50.5 Å². The zero-order valence-electron chi connectivity index (χ0n) is 10.5. The summed E-state index contributed by atoms with van der Waals surface area (Å²) in [6.07, 6.45) is 4.55. The van der Waals surface area contributed by atoms with E-state index < -0.39 is 0 Å². The summed E-state index contributed by atoms with van der Waals surface area (Å²) in [4.78, 5) is 13.4. The molecular formula is C14H16N2OS. The lowest BCUT2D eigenvalue weighted by atomic mass is 10.1. The molecule has 0 fully saturated rings. The number of ketones is 1. The van der Waals surface area contributed by atoms with Crippen molar-refractivity contribution in [3.05, 3.63) is 48.3 Å². The number of hydrogen-bond donors (Lipinski definition) is 0. The van der Waals surface area contributed by atoms with Gasteiger partial charge in [0.2, 0.25) is 0 Å². The highest BCUT2D eigenvalue weighted by Gasteiger charge is 2.19. The van der Waals surface area contributed by atoms with Crippen molar-refractivity contribution < 1.29 is 4.79 Å². The summed E-state index contributed by atoms with van der Waals surface area (Å²) in [5.74, 6) is 0.187. The molecule has 0 N–H and O–H groups in total. The Kier molecular flexibility index (Phi) is 4.20. The first-order chi connectivity index (χ1) is 8.70. The number of rotatable bonds is 5. The first-order valence-electron chi connectivity index (χ1n) is 5.95. The third kappa shape index (κ3) is 3.01. The van der Waals surface area contributed by atoms with Crippen molar-refractivity contribution in [2.45, 2.75) is 23.5 Å². The first kappa shape index (κ1) is 12.9. The van der Waals surface area contributed by atoms with E-state index in [4.69, 9.17) is 0 Å². The summed E-state index contributed by atoms with van der Waals surface area (Å²) in [6, 6.07) is 9.46. The molecule has 1 aromatic heterocycles. The number of nitrogens with zero attached hydrogens (tertiary/aromatic N) is 2. The van der Waals surface area contributed by atoms with E-state index in [9.17, 15) is 4.79 Å². The normalized spacial score (nSPS) is 12.3. The fourth-order valence-electron chi connectivity index (χ4n) is 1.73. The summed E-state index contributed by atoms with van der Waals surface area (Å²) in [5, 5.41) is 4.08. The molecular weight excluding hydrogens is 244 g/mol. The van der Waals surface area contributed by atoms with Gasteiger partial charge in [0.15, 0.2) is 5.78 Å². The molecule has 3 nitrogen and oxygen atoms in total. The smallest absolute Gasteiger partial charge is 0.176 e. The van der Waals surface area contributed by atoms with E-state index in [2.05, 4.69) is 5.10 Å². The topological polar surface area (TPSA) is 34.9 Å². The van der Waals surface area contributed by atoms with Crippen LogP contribution in [-0.4, -0.2) is 20.8 Å². The van der Waals surface area contributed by atoms with Crippen molar-refractivity contribution in [3.8, 4) is 0 Å². The highest BCUT2D eigenvalue weighted by molar-refractivity contribution is 8.00. The Morgan fingerprint density at radius 1 is 1.39 bits per heavy atom. The van der Waals surface area contributed by atoms with Crippen LogP contribution in [0.2, 0.25) is 0 Å². The number of hydrogen-bond acceptors (Lipinski definition) is 3. The Hall–Kier alpha value is -1.55. The predicted molar refractivity (Wildman–Crippen MR) is 73.9 cm³/mol. The maximum absolute atomic E-state index is 12.3. The third-order valence-corrected chi connectivity index (χ3v) is 4.00. The maximum atomic E-state index is 12.3. The second kappa shape index (κ2) is 5.87. The van der Waals surface area contributed by atoms with Crippen LogP contribution in [0.3, 0.4) is 0 Å². The van der Waals surface area contributed by atoms with Crippen molar-refractivity contribution in [1.29, 1.82) is 0 Å². The van der Waals surface area contributed by atoms with Crippen LogP contribution < -0.4 is 0 Å². The van der Waals surface area contributed by atoms with Gasteiger partial charge in [0.25, 0.3) is 0 Å². The largest absolute Gasteiger partial charge is 0.293 e. The molecule has 0 spiro atoms. The minimum atomic E-state index is -0.0448. The SMILES string of the molecule is CCC(Sc1cnn(C)c1)C(=O)c1ccccc1. The Morgan fingerprint density at radius 3 is 2.67 bits per heavy atom. The van der Waals surface area contributed by atoms with Gasteiger partial charge < -0.3 is 0 Å². The summed E-state index contributed by atoms with van der Waals surface area (Å²) in [5.41, 5.74) is 0.778. The molecule has 0 radical (unpaired) electrons. The lowest BCUT2D eigenvalue weighted by molar-refractivity contribution is 0.0988. The molecule has 1 atom stereocenters. The standard InChI is InChI=1S/C14H16N2OS/c1-3-13(18-12-9-15-16(2)10-12)14(17)11-7-5-4-6-8-11/h4-10,13H,3H2,1-2H3. The van der Waals surface area contributed by atoms with Gasteiger partial charge in [-0.2, -0.15) is 5.10 Å². The van der Waals surface area contributed by atoms with Gasteiger partial charge in [-0.25, -0.2) is 0 Å². The van der Waals surface area contributed by atoms with E-state index >= 15 is 0 Å². The van der Waals surface area contributed by atoms with Crippen molar-refractivity contribution in [2.24, 2.45) is 7.05 Å². The quantitative estimate of drug-likeness (QED) is 0.612. The molecule has 0 amide bonds. The van der Waals surface area contributed by atoms with Gasteiger partial charge in [-0.1, -0.05) is 37.3 Å². The van der Waals surface area contributed by atoms with E-state index in [-0.39, 0.29) is 11.0 Å². The monoisotopic (exact) mass is 260 g/mol. The average Bonchev–Trinajstić information content (AvgIpc) is 2.82. The molecule has 4 heteroatoms. The number of Topliss-reactive ketones (excluding diaryl/α,β-unsaturated/α-hetero) is 1. The van der Waals surface area contributed by atoms with E-state index in [1.54, 1.807) is 22.6 Å². The molecule has 1 unspecified atom stereocenters. The highest BCUT2D eigenvalue weighted by Crippen LogP contribution is 2.27. The van der Waals surface area contributed by atoms with Crippen molar-refractivity contribution in [2.75, 3.05) is 0 Å². The van der Waals surface area contributed by atoms with Crippen molar-refractivity contribution in [3.63, 3.8) is 0 Å². The van der Waals surface area contributed by atoms with Gasteiger partial charge in [-0.05, 0) is 6.42 Å². The van der Waals surface area contributed by atoms with Crippen molar-refractivity contribution >= 4 is 17.5 Å². The van der Waals surface area contributed by atoms with Gasteiger partial charge in [0, 0.05) is 23.7 Å². The van der Waals surface area contributed by atoms with E-state index in [0.717, 1.165) is 16.9 Å². The molecule has 2 rings (SSSR count). The highest BCUT2D eigenvalue weighted by atomic mass is 32.2. The first-order valence-corrected chi connectivity index (χ1v) is 6.83. The number of benzene rings is 1. The van der Waals surface area contributed by atoms with Crippen LogP contribution in [-0.2, 0) is 7.05 Å². The second-order valence-corrected chi connectivity index (χ2v) is 5.37. The van der Waals surface area contributed by atoms with Gasteiger partial charge in [0.05, 0.1) is 11.4 Å². The fourth-order valence-corrected chi connectivity index (χ4v) is 2.79.